The molecule has 24 heavy (non-hydrogen) atoms. The van der Waals surface area contributed by atoms with Gasteiger partial charge in [0.25, 0.3) is 0 Å². The van der Waals surface area contributed by atoms with Crippen molar-refractivity contribution in [2.45, 2.75) is 0 Å². The third kappa shape index (κ3) is 4.99. The molecule has 0 spiro atoms. The number of amidine groups is 1. The number of rotatable bonds is 5. The van der Waals surface area contributed by atoms with Gasteiger partial charge in [-0.3, -0.25) is 10.8 Å². The lowest BCUT2D eigenvalue weighted by molar-refractivity contribution is 0.0735. The number of benzene rings is 2. The van der Waals surface area contributed by atoms with Crippen LogP contribution in [-0.2, 0) is 0 Å². The molecule has 0 fully saturated rings. The molecule has 0 saturated carbocycles. The molecule has 0 saturated heterocycles. The highest BCUT2D eigenvalue weighted by molar-refractivity contribution is 5.94. The number of carbonyl (C=O) groups is 1. The van der Waals surface area contributed by atoms with Crippen molar-refractivity contribution in [3.63, 3.8) is 0 Å². The van der Waals surface area contributed by atoms with Crippen LogP contribution in [0.5, 0.6) is 5.75 Å². The van der Waals surface area contributed by atoms with Gasteiger partial charge in [-0.1, -0.05) is 18.2 Å². The average Bonchev–Trinajstić information content (AvgIpc) is 2.54. The molecule has 0 unspecified atom stereocenters. The Hall–Kier alpha value is -3.61. The minimum Gasteiger partial charge on any atom is -0.423 e. The van der Waals surface area contributed by atoms with Crippen molar-refractivity contribution < 1.29 is 9.53 Å². The third-order valence-corrected chi connectivity index (χ3v) is 2.95. The quantitative estimate of drug-likeness (QED) is 0.248. The molecule has 7 heteroatoms. The van der Waals surface area contributed by atoms with Gasteiger partial charge < -0.3 is 21.5 Å². The van der Waals surface area contributed by atoms with E-state index in [-0.39, 0.29) is 11.8 Å². The molecular weight excluding hydrogens is 306 g/mol. The lowest BCUT2D eigenvalue weighted by atomic mass is 10.2. The van der Waals surface area contributed by atoms with Gasteiger partial charge in [-0.15, -0.1) is 0 Å². The van der Waals surface area contributed by atoms with Crippen LogP contribution < -0.4 is 21.5 Å². The van der Waals surface area contributed by atoms with E-state index < -0.39 is 5.97 Å². The minimum atomic E-state index is -0.489. The van der Waals surface area contributed by atoms with Crippen molar-refractivity contribution in [1.82, 2.24) is 0 Å². The van der Waals surface area contributed by atoms with E-state index >= 15 is 0 Å². The van der Waals surface area contributed by atoms with Crippen LogP contribution in [0.25, 0.3) is 6.08 Å². The van der Waals surface area contributed by atoms with Gasteiger partial charge in [-0.25, -0.2) is 4.79 Å². The van der Waals surface area contributed by atoms with E-state index in [1.165, 1.54) is 6.08 Å². The molecule has 7 nitrogen and oxygen atoms in total. The summed E-state index contributed by atoms with van der Waals surface area (Å²) in [5, 5.41) is 16.9. The fourth-order valence-corrected chi connectivity index (χ4v) is 1.84. The molecule has 2 rings (SSSR count). The van der Waals surface area contributed by atoms with Gasteiger partial charge in [-0.2, -0.15) is 0 Å². The standard InChI is InChI=1S/C17H17N5O2/c18-15(19)10-3-11-1-8-14(9-2-11)24-16(23)12-4-6-13(7-5-12)22-17(20)21/h1-10H,(H3,18,19)(H4,20,21,22)/b10-3+. The van der Waals surface area contributed by atoms with Gasteiger partial charge in [0.05, 0.1) is 5.56 Å². The lowest BCUT2D eigenvalue weighted by Crippen LogP contribution is -2.20. The first-order valence-electron chi connectivity index (χ1n) is 6.99. The summed E-state index contributed by atoms with van der Waals surface area (Å²) < 4.78 is 5.28. The lowest BCUT2D eigenvalue weighted by Gasteiger charge is -2.06. The van der Waals surface area contributed by atoms with Crippen LogP contribution in [0.1, 0.15) is 15.9 Å². The summed E-state index contributed by atoms with van der Waals surface area (Å²) in [4.78, 5) is 12.1. The van der Waals surface area contributed by atoms with Crippen LogP contribution in [0.3, 0.4) is 0 Å². The van der Waals surface area contributed by atoms with Gasteiger partial charge >= 0.3 is 5.97 Å². The Morgan fingerprint density at radius 2 is 1.62 bits per heavy atom. The SMILES string of the molecule is N=C(N)/C=C/c1ccc(OC(=O)c2ccc(NC(=N)N)cc2)cc1. The molecule has 0 heterocycles. The molecule has 2 aromatic rings. The first-order chi connectivity index (χ1) is 11.4. The fourth-order valence-electron chi connectivity index (χ4n) is 1.84. The van der Waals surface area contributed by atoms with E-state index in [2.05, 4.69) is 5.32 Å². The van der Waals surface area contributed by atoms with Gasteiger partial charge in [0.2, 0.25) is 0 Å². The van der Waals surface area contributed by atoms with E-state index in [0.29, 0.717) is 17.0 Å². The number of carbonyl (C=O) groups excluding carboxylic acids is 1. The number of nitrogens with two attached hydrogens (primary N) is 2. The Balaban J connectivity index is 2.01. The van der Waals surface area contributed by atoms with E-state index in [0.717, 1.165) is 5.56 Å². The van der Waals surface area contributed by atoms with E-state index in [1.54, 1.807) is 54.6 Å². The summed E-state index contributed by atoms with van der Waals surface area (Å²) in [7, 11) is 0. The maximum absolute atomic E-state index is 12.1. The number of ether oxygens (including phenoxy) is 1. The van der Waals surface area contributed by atoms with Crippen LogP contribution in [0.4, 0.5) is 5.69 Å². The first-order valence-corrected chi connectivity index (χ1v) is 6.99. The van der Waals surface area contributed by atoms with Crippen LogP contribution in [0.15, 0.2) is 54.6 Å². The molecule has 0 aliphatic carbocycles. The average molecular weight is 323 g/mol. The minimum absolute atomic E-state index is 0.0341. The zero-order valence-electron chi connectivity index (χ0n) is 12.7. The van der Waals surface area contributed by atoms with E-state index in [4.69, 9.17) is 27.0 Å². The highest BCUT2D eigenvalue weighted by atomic mass is 16.5. The molecule has 122 valence electrons. The monoisotopic (exact) mass is 323 g/mol. The van der Waals surface area contributed by atoms with Crippen molar-refractivity contribution in [2.24, 2.45) is 11.5 Å². The summed E-state index contributed by atoms with van der Waals surface area (Å²) in [6.07, 6.45) is 3.16. The zero-order valence-corrected chi connectivity index (χ0v) is 12.7. The Labute approximate surface area is 138 Å². The van der Waals surface area contributed by atoms with Crippen LogP contribution in [0.2, 0.25) is 0 Å². The maximum Gasteiger partial charge on any atom is 0.343 e. The summed E-state index contributed by atoms with van der Waals surface area (Å²) >= 11 is 0. The van der Waals surface area contributed by atoms with Gasteiger partial charge in [0, 0.05) is 5.69 Å². The predicted molar refractivity (Wildman–Crippen MR) is 94.3 cm³/mol. The molecule has 7 N–H and O–H groups in total. The molecule has 0 amide bonds. The molecule has 0 atom stereocenters. The second-order valence-electron chi connectivity index (χ2n) is 4.86. The zero-order chi connectivity index (χ0) is 17.5. The van der Waals surface area contributed by atoms with E-state index in [1.807, 2.05) is 0 Å². The largest absolute Gasteiger partial charge is 0.423 e. The van der Waals surface area contributed by atoms with Crippen molar-refractivity contribution in [2.75, 3.05) is 5.32 Å². The Morgan fingerprint density at radius 3 is 2.17 bits per heavy atom. The summed E-state index contributed by atoms with van der Waals surface area (Å²) in [5.74, 6) is -0.292. The summed E-state index contributed by atoms with van der Waals surface area (Å²) in [6, 6.07) is 13.2. The van der Waals surface area contributed by atoms with Gasteiger partial charge in [0.1, 0.15) is 11.6 Å². The number of guanidine groups is 1. The van der Waals surface area contributed by atoms with Crippen LogP contribution in [-0.4, -0.2) is 17.8 Å². The highest BCUT2D eigenvalue weighted by Crippen LogP contribution is 2.16. The van der Waals surface area contributed by atoms with E-state index in [9.17, 15) is 4.79 Å². The number of hydrogen-bond donors (Lipinski definition) is 5. The smallest absolute Gasteiger partial charge is 0.343 e. The van der Waals surface area contributed by atoms with Crippen LogP contribution in [0, 0.1) is 10.8 Å². The third-order valence-electron chi connectivity index (χ3n) is 2.95. The highest BCUT2D eigenvalue weighted by Gasteiger charge is 2.08. The molecule has 2 aromatic carbocycles. The normalized spacial score (nSPS) is 10.3. The number of hydrogen-bond acceptors (Lipinski definition) is 4. The maximum atomic E-state index is 12.1. The Kier molecular flexibility index (Phi) is 5.30. The molecule has 0 bridgehead atoms. The number of nitrogens with one attached hydrogen (secondary N) is 3. The molecule has 0 aliphatic heterocycles. The number of anilines is 1. The second-order valence-corrected chi connectivity index (χ2v) is 4.86. The second kappa shape index (κ2) is 7.59. The van der Waals surface area contributed by atoms with Gasteiger partial charge in [-0.05, 0) is 48.0 Å². The van der Waals surface area contributed by atoms with Crippen molar-refractivity contribution in [1.29, 1.82) is 10.8 Å². The van der Waals surface area contributed by atoms with Crippen LogP contribution >= 0.6 is 0 Å². The molecular formula is C17H17N5O2. The first kappa shape index (κ1) is 16.8. The molecule has 0 aromatic heterocycles. The van der Waals surface area contributed by atoms with Crippen molar-refractivity contribution in [3.8, 4) is 5.75 Å². The van der Waals surface area contributed by atoms with Crippen molar-refractivity contribution in [3.05, 3.63) is 65.7 Å². The summed E-state index contributed by atoms with van der Waals surface area (Å²) in [6.45, 7) is 0. The summed E-state index contributed by atoms with van der Waals surface area (Å²) in [5.41, 5.74) is 12.3. The number of esters is 1. The predicted octanol–water partition coefficient (Wildman–Crippen LogP) is 2.16. The van der Waals surface area contributed by atoms with Gasteiger partial charge in [0.15, 0.2) is 5.96 Å². The topological polar surface area (TPSA) is 138 Å². The molecule has 0 radical (unpaired) electrons. The Bertz CT molecular complexity index is 780. The molecule has 0 aliphatic rings. The fraction of sp³-hybridized carbons (Fsp3) is 0. The van der Waals surface area contributed by atoms with Crippen molar-refractivity contribution >= 4 is 29.5 Å². The Morgan fingerprint density at radius 1 is 1.00 bits per heavy atom.